The number of sulfonamides is 1. The molecule has 3 aromatic rings. The first kappa shape index (κ1) is 24.0. The predicted molar refractivity (Wildman–Crippen MR) is 127 cm³/mol. The van der Waals surface area contributed by atoms with Gasteiger partial charge in [0.2, 0.25) is 5.95 Å². The Balaban J connectivity index is 1.40. The van der Waals surface area contributed by atoms with Crippen molar-refractivity contribution in [3.63, 3.8) is 0 Å². The Morgan fingerprint density at radius 3 is 2.53 bits per heavy atom. The van der Waals surface area contributed by atoms with Gasteiger partial charge in [-0.2, -0.15) is 12.8 Å². The van der Waals surface area contributed by atoms with Crippen LogP contribution in [0.3, 0.4) is 0 Å². The fourth-order valence-electron chi connectivity index (χ4n) is 4.25. The number of rotatable bonds is 7. The minimum Gasteiger partial charge on any atom is -0.370 e. The smallest absolute Gasteiger partial charge is 0.280 e. The number of halogens is 2. The maximum absolute atomic E-state index is 13.5. The molecule has 1 fully saturated rings. The zero-order valence-corrected chi connectivity index (χ0v) is 19.9. The Morgan fingerprint density at radius 2 is 1.85 bits per heavy atom. The van der Waals surface area contributed by atoms with Crippen molar-refractivity contribution in [3.8, 4) is 0 Å². The molecule has 1 aliphatic rings. The van der Waals surface area contributed by atoms with E-state index in [2.05, 4.69) is 24.5 Å². The van der Waals surface area contributed by atoms with Crippen molar-refractivity contribution in [2.24, 2.45) is 0 Å². The van der Waals surface area contributed by atoms with E-state index < -0.39 is 16.0 Å². The van der Waals surface area contributed by atoms with E-state index in [1.165, 1.54) is 24.3 Å². The highest BCUT2D eigenvalue weighted by atomic mass is 32.2. The van der Waals surface area contributed by atoms with Crippen LogP contribution in [0.2, 0.25) is 0 Å². The van der Waals surface area contributed by atoms with Crippen molar-refractivity contribution in [2.45, 2.75) is 37.4 Å². The van der Waals surface area contributed by atoms with Crippen molar-refractivity contribution < 1.29 is 17.2 Å². The van der Waals surface area contributed by atoms with Crippen molar-refractivity contribution in [2.75, 3.05) is 29.8 Å². The molecule has 180 valence electrons. The third-order valence-corrected chi connectivity index (χ3v) is 7.32. The molecule has 1 N–H and O–H groups in total. The highest BCUT2D eigenvalue weighted by molar-refractivity contribution is 7.92. The minimum absolute atomic E-state index is 0.106. The molecular weight excluding hydrogens is 460 g/mol. The molecule has 1 aliphatic heterocycles. The summed E-state index contributed by atoms with van der Waals surface area (Å²) in [6.07, 6.45) is 3.41. The van der Waals surface area contributed by atoms with Gasteiger partial charge in [-0.15, -0.1) is 0 Å². The standard InChI is InChI=1S/C24H27F2N5O2S/c1-17-13-24(34(32,33)29-23-8-4-7-22(26)28-23)27-15-21(17)30(2)20-9-11-31(12-10-20)16-18-5-3-6-19(25)14-18/h3-8,13-15,20H,9-12,16H2,1-2H3,(H,28,29). The second kappa shape index (κ2) is 10.0. The Morgan fingerprint density at radius 1 is 1.12 bits per heavy atom. The van der Waals surface area contributed by atoms with Crippen LogP contribution in [-0.2, 0) is 16.6 Å². The van der Waals surface area contributed by atoms with Crippen LogP contribution in [0.4, 0.5) is 20.3 Å². The minimum atomic E-state index is -4.00. The Bertz CT molecular complexity index is 1260. The maximum atomic E-state index is 13.5. The van der Waals surface area contributed by atoms with Gasteiger partial charge in [0.1, 0.15) is 11.6 Å². The summed E-state index contributed by atoms with van der Waals surface area (Å²) in [4.78, 5) is 12.1. The summed E-state index contributed by atoms with van der Waals surface area (Å²) in [6.45, 7) is 4.32. The number of pyridine rings is 2. The van der Waals surface area contributed by atoms with Crippen LogP contribution in [0.15, 0.2) is 59.8 Å². The number of nitrogens with zero attached hydrogens (tertiary/aromatic N) is 4. The van der Waals surface area contributed by atoms with E-state index in [4.69, 9.17) is 0 Å². The van der Waals surface area contributed by atoms with Gasteiger partial charge in [-0.3, -0.25) is 9.62 Å². The van der Waals surface area contributed by atoms with E-state index >= 15 is 0 Å². The molecular formula is C24H27F2N5O2S. The molecule has 1 saturated heterocycles. The summed E-state index contributed by atoms with van der Waals surface area (Å²) >= 11 is 0. The Labute approximate surface area is 198 Å². The van der Waals surface area contributed by atoms with E-state index in [-0.39, 0.29) is 22.7 Å². The number of aromatic nitrogens is 2. The van der Waals surface area contributed by atoms with Gasteiger partial charge in [-0.25, -0.2) is 14.4 Å². The maximum Gasteiger partial charge on any atom is 0.280 e. The topological polar surface area (TPSA) is 78.4 Å². The molecule has 0 saturated carbocycles. The average molecular weight is 488 g/mol. The number of aryl methyl sites for hydroxylation is 1. The highest BCUT2D eigenvalue weighted by Gasteiger charge is 2.25. The second-order valence-electron chi connectivity index (χ2n) is 8.51. The van der Waals surface area contributed by atoms with Gasteiger partial charge in [0.05, 0.1) is 11.9 Å². The zero-order chi connectivity index (χ0) is 24.3. The quantitative estimate of drug-likeness (QED) is 0.508. The van der Waals surface area contributed by atoms with Crippen LogP contribution in [-0.4, -0.2) is 49.5 Å². The first-order chi connectivity index (χ1) is 16.2. The molecule has 4 rings (SSSR count). The molecule has 10 heteroatoms. The molecule has 0 spiro atoms. The number of piperidine rings is 1. The number of likely N-dealkylation sites (tertiary alicyclic amines) is 1. The van der Waals surface area contributed by atoms with Crippen LogP contribution in [0.5, 0.6) is 0 Å². The molecule has 0 aliphatic carbocycles. The second-order valence-corrected chi connectivity index (χ2v) is 10.1. The van der Waals surface area contributed by atoms with Gasteiger partial charge < -0.3 is 4.90 Å². The van der Waals surface area contributed by atoms with Gasteiger partial charge in [0.25, 0.3) is 10.0 Å². The summed E-state index contributed by atoms with van der Waals surface area (Å²) in [6, 6.07) is 12.4. The Hall–Kier alpha value is -3.11. The van der Waals surface area contributed by atoms with E-state index in [9.17, 15) is 17.2 Å². The fraction of sp³-hybridized carbons (Fsp3) is 0.333. The van der Waals surface area contributed by atoms with Crippen LogP contribution in [0, 0.1) is 18.7 Å². The summed E-state index contributed by atoms with van der Waals surface area (Å²) < 4.78 is 54.4. The lowest BCUT2D eigenvalue weighted by atomic mass is 10.0. The highest BCUT2D eigenvalue weighted by Crippen LogP contribution is 2.27. The molecule has 34 heavy (non-hydrogen) atoms. The lowest BCUT2D eigenvalue weighted by molar-refractivity contribution is 0.203. The number of nitrogens with one attached hydrogen (secondary N) is 1. The largest absolute Gasteiger partial charge is 0.370 e. The first-order valence-corrected chi connectivity index (χ1v) is 12.5. The molecule has 0 amide bonds. The van der Waals surface area contributed by atoms with Gasteiger partial charge in [0.15, 0.2) is 5.03 Å². The molecule has 0 unspecified atom stereocenters. The van der Waals surface area contributed by atoms with Gasteiger partial charge in [-0.1, -0.05) is 18.2 Å². The molecule has 0 atom stereocenters. The van der Waals surface area contributed by atoms with E-state index in [1.807, 2.05) is 20.0 Å². The lowest BCUT2D eigenvalue weighted by Crippen LogP contribution is -2.43. The van der Waals surface area contributed by atoms with Crippen molar-refractivity contribution in [3.05, 3.63) is 77.6 Å². The lowest BCUT2D eigenvalue weighted by Gasteiger charge is -2.38. The number of hydrogen-bond acceptors (Lipinski definition) is 6. The van der Waals surface area contributed by atoms with E-state index in [0.29, 0.717) is 6.54 Å². The van der Waals surface area contributed by atoms with Crippen molar-refractivity contribution in [1.82, 2.24) is 14.9 Å². The third kappa shape index (κ3) is 5.68. The predicted octanol–water partition coefficient (Wildman–Crippen LogP) is 3.96. The molecule has 3 heterocycles. The molecule has 0 bridgehead atoms. The van der Waals surface area contributed by atoms with Crippen LogP contribution in [0.1, 0.15) is 24.0 Å². The molecule has 1 aromatic carbocycles. The normalized spacial score (nSPS) is 15.3. The van der Waals surface area contributed by atoms with E-state index in [0.717, 1.165) is 48.8 Å². The molecule has 2 aromatic heterocycles. The van der Waals surface area contributed by atoms with Gasteiger partial charge in [0, 0.05) is 32.7 Å². The van der Waals surface area contributed by atoms with Crippen LogP contribution < -0.4 is 9.62 Å². The summed E-state index contributed by atoms with van der Waals surface area (Å²) in [5.74, 6) is -1.10. The molecule has 0 radical (unpaired) electrons. The zero-order valence-electron chi connectivity index (χ0n) is 19.1. The van der Waals surface area contributed by atoms with Gasteiger partial charge in [-0.05, 0) is 61.2 Å². The third-order valence-electron chi connectivity index (χ3n) is 6.07. The molecule has 7 nitrogen and oxygen atoms in total. The number of hydrogen-bond donors (Lipinski definition) is 1. The van der Waals surface area contributed by atoms with Crippen LogP contribution >= 0.6 is 0 Å². The van der Waals surface area contributed by atoms with Crippen molar-refractivity contribution >= 4 is 21.5 Å². The van der Waals surface area contributed by atoms with E-state index in [1.54, 1.807) is 18.3 Å². The number of anilines is 2. The summed E-state index contributed by atoms with van der Waals surface area (Å²) in [5, 5.41) is -0.155. The summed E-state index contributed by atoms with van der Waals surface area (Å²) in [5.41, 5.74) is 2.59. The van der Waals surface area contributed by atoms with Crippen molar-refractivity contribution in [1.29, 1.82) is 0 Å². The first-order valence-electron chi connectivity index (χ1n) is 11.0. The van der Waals surface area contributed by atoms with Gasteiger partial charge >= 0.3 is 0 Å². The average Bonchev–Trinajstić information content (AvgIpc) is 2.79. The SMILES string of the molecule is Cc1cc(S(=O)(=O)Nc2cccc(F)n2)ncc1N(C)C1CCN(Cc2cccc(F)c2)CC1. The summed E-state index contributed by atoms with van der Waals surface area (Å²) in [7, 11) is -2.02. The fourth-order valence-corrected chi connectivity index (χ4v) is 5.27. The Kier molecular flexibility index (Phi) is 7.08. The monoisotopic (exact) mass is 487 g/mol. The number of benzene rings is 1. The van der Waals surface area contributed by atoms with Crippen LogP contribution in [0.25, 0.3) is 0 Å².